The Labute approximate surface area is 167 Å². The summed E-state index contributed by atoms with van der Waals surface area (Å²) in [5, 5.41) is 2.92. The van der Waals surface area contributed by atoms with Gasteiger partial charge in [0, 0.05) is 24.2 Å². The number of nitrogens with zero attached hydrogens (tertiary/aromatic N) is 1. The van der Waals surface area contributed by atoms with Gasteiger partial charge in [-0.25, -0.2) is 8.42 Å². The van der Waals surface area contributed by atoms with Gasteiger partial charge in [0.1, 0.15) is 5.75 Å². The molecule has 0 bridgehead atoms. The highest BCUT2D eigenvalue weighted by Crippen LogP contribution is 2.25. The van der Waals surface area contributed by atoms with Crippen LogP contribution in [-0.2, 0) is 10.0 Å². The van der Waals surface area contributed by atoms with Crippen LogP contribution in [0.25, 0.3) is 0 Å². The second-order valence-corrected chi connectivity index (χ2v) is 8.41. The van der Waals surface area contributed by atoms with Crippen molar-refractivity contribution in [3.8, 4) is 5.75 Å². The van der Waals surface area contributed by atoms with Crippen LogP contribution in [0.15, 0.2) is 47.4 Å². The molecule has 0 saturated carbocycles. The number of nitrogens with one attached hydrogen (secondary N) is 1. The topological polar surface area (TPSA) is 75.7 Å². The van der Waals surface area contributed by atoms with E-state index in [0.717, 1.165) is 5.56 Å². The molecule has 0 aliphatic rings. The number of ether oxygens (including phenoxy) is 1. The number of methoxy groups -OCH3 is 1. The molecule has 1 atom stereocenters. The zero-order valence-electron chi connectivity index (χ0n) is 17.0. The zero-order valence-corrected chi connectivity index (χ0v) is 17.8. The standard InChI is InChI=1S/C21H28N2O4S/c1-6-23(7-2)28(25,26)20-14-17(13-12-15(20)3)21(24)22-16(4)18-10-8-9-11-19(18)27-5/h8-14,16H,6-7H2,1-5H3,(H,22,24)/t16-/m1/s1. The highest BCUT2D eigenvalue weighted by molar-refractivity contribution is 7.89. The van der Waals surface area contributed by atoms with Crippen LogP contribution >= 0.6 is 0 Å². The number of benzene rings is 2. The van der Waals surface area contributed by atoms with Crippen molar-refractivity contribution in [2.75, 3.05) is 20.2 Å². The fourth-order valence-corrected chi connectivity index (χ4v) is 4.81. The Balaban J connectivity index is 2.32. The van der Waals surface area contributed by atoms with E-state index in [1.165, 1.54) is 10.4 Å². The zero-order chi connectivity index (χ0) is 20.9. The van der Waals surface area contributed by atoms with E-state index in [0.29, 0.717) is 30.0 Å². The summed E-state index contributed by atoms with van der Waals surface area (Å²) >= 11 is 0. The molecule has 0 radical (unpaired) electrons. The summed E-state index contributed by atoms with van der Waals surface area (Å²) < 4.78 is 32.5. The number of carbonyl (C=O) groups is 1. The van der Waals surface area contributed by atoms with Crippen molar-refractivity contribution in [1.82, 2.24) is 9.62 Å². The maximum Gasteiger partial charge on any atom is 0.251 e. The van der Waals surface area contributed by atoms with Gasteiger partial charge in [0.2, 0.25) is 10.0 Å². The maximum atomic E-state index is 12.9. The van der Waals surface area contributed by atoms with Crippen LogP contribution in [0.4, 0.5) is 0 Å². The molecule has 6 nitrogen and oxygen atoms in total. The first-order valence-corrected chi connectivity index (χ1v) is 10.7. The molecule has 1 N–H and O–H groups in total. The molecule has 7 heteroatoms. The SMILES string of the molecule is CCN(CC)S(=O)(=O)c1cc(C(=O)N[C@H](C)c2ccccc2OC)ccc1C. The third-order valence-electron chi connectivity index (χ3n) is 4.73. The predicted octanol–water partition coefficient (Wildman–Crippen LogP) is 3.53. The van der Waals surface area contributed by atoms with Crippen LogP contribution in [0.3, 0.4) is 0 Å². The van der Waals surface area contributed by atoms with Crippen LogP contribution in [0, 0.1) is 6.92 Å². The second kappa shape index (κ2) is 9.21. The molecule has 0 spiro atoms. The number of rotatable bonds is 8. The molecule has 0 aromatic heterocycles. The molecule has 1 amide bonds. The van der Waals surface area contributed by atoms with Crippen molar-refractivity contribution in [1.29, 1.82) is 0 Å². The molecular formula is C21H28N2O4S. The van der Waals surface area contributed by atoms with E-state index in [4.69, 9.17) is 4.74 Å². The minimum absolute atomic E-state index is 0.161. The normalized spacial score (nSPS) is 12.6. The summed E-state index contributed by atoms with van der Waals surface area (Å²) in [4.78, 5) is 12.9. The van der Waals surface area contributed by atoms with Gasteiger partial charge in [-0.2, -0.15) is 4.31 Å². The molecule has 0 aliphatic carbocycles. The third-order valence-corrected chi connectivity index (χ3v) is 6.92. The largest absolute Gasteiger partial charge is 0.496 e. The van der Waals surface area contributed by atoms with Gasteiger partial charge in [0.15, 0.2) is 0 Å². The lowest BCUT2D eigenvalue weighted by atomic mass is 10.1. The smallest absolute Gasteiger partial charge is 0.251 e. The minimum atomic E-state index is -3.65. The number of para-hydroxylation sites is 1. The Morgan fingerprint density at radius 2 is 1.79 bits per heavy atom. The average Bonchev–Trinajstić information content (AvgIpc) is 2.68. The van der Waals surface area contributed by atoms with E-state index >= 15 is 0 Å². The molecule has 152 valence electrons. The van der Waals surface area contributed by atoms with Crippen LogP contribution in [0.2, 0.25) is 0 Å². The lowest BCUT2D eigenvalue weighted by Crippen LogP contribution is -2.32. The summed E-state index contributed by atoms with van der Waals surface area (Å²) in [6, 6.07) is 11.9. The van der Waals surface area contributed by atoms with Gasteiger partial charge < -0.3 is 10.1 Å². The second-order valence-electron chi connectivity index (χ2n) is 6.51. The van der Waals surface area contributed by atoms with E-state index in [1.807, 2.05) is 31.2 Å². The Bertz CT molecular complexity index is 937. The lowest BCUT2D eigenvalue weighted by molar-refractivity contribution is 0.0939. The Hall–Kier alpha value is -2.38. The van der Waals surface area contributed by atoms with E-state index in [-0.39, 0.29) is 16.8 Å². The molecule has 28 heavy (non-hydrogen) atoms. The Morgan fingerprint density at radius 1 is 1.14 bits per heavy atom. The molecule has 0 aliphatic heterocycles. The number of amides is 1. The van der Waals surface area contributed by atoms with Crippen molar-refractivity contribution < 1.29 is 17.9 Å². The van der Waals surface area contributed by atoms with Gasteiger partial charge in [-0.15, -0.1) is 0 Å². The van der Waals surface area contributed by atoms with E-state index in [2.05, 4.69) is 5.32 Å². The summed E-state index contributed by atoms with van der Waals surface area (Å²) in [5.74, 6) is 0.346. The molecule has 2 rings (SSSR count). The van der Waals surface area contributed by atoms with Crippen molar-refractivity contribution in [2.24, 2.45) is 0 Å². The van der Waals surface area contributed by atoms with Crippen molar-refractivity contribution in [3.05, 3.63) is 59.2 Å². The molecule has 0 unspecified atom stereocenters. The summed E-state index contributed by atoms with van der Waals surface area (Å²) in [5.41, 5.74) is 1.76. The number of carbonyl (C=O) groups excluding carboxylic acids is 1. The van der Waals surface area contributed by atoms with Gasteiger partial charge in [-0.05, 0) is 37.6 Å². The molecule has 2 aromatic carbocycles. The third kappa shape index (κ3) is 4.54. The molecule has 0 heterocycles. The molecule has 2 aromatic rings. The number of hydrogen-bond donors (Lipinski definition) is 1. The number of hydrogen-bond acceptors (Lipinski definition) is 4. The van der Waals surface area contributed by atoms with Crippen molar-refractivity contribution in [2.45, 2.75) is 38.6 Å². The molecular weight excluding hydrogens is 376 g/mol. The highest BCUT2D eigenvalue weighted by atomic mass is 32.2. The molecule has 0 saturated heterocycles. The number of aryl methyl sites for hydroxylation is 1. The summed E-state index contributed by atoms with van der Waals surface area (Å²) in [6.07, 6.45) is 0. The highest BCUT2D eigenvalue weighted by Gasteiger charge is 2.25. The average molecular weight is 405 g/mol. The van der Waals surface area contributed by atoms with Crippen molar-refractivity contribution >= 4 is 15.9 Å². The first kappa shape index (κ1) is 21.9. The fraction of sp³-hybridized carbons (Fsp3) is 0.381. The van der Waals surface area contributed by atoms with Gasteiger partial charge in [0.05, 0.1) is 18.0 Å². The van der Waals surface area contributed by atoms with E-state index < -0.39 is 10.0 Å². The van der Waals surface area contributed by atoms with Crippen LogP contribution in [-0.4, -0.2) is 38.8 Å². The van der Waals surface area contributed by atoms with Crippen LogP contribution in [0.1, 0.15) is 48.3 Å². The monoisotopic (exact) mass is 404 g/mol. The maximum absolute atomic E-state index is 12.9. The Morgan fingerprint density at radius 3 is 2.39 bits per heavy atom. The van der Waals surface area contributed by atoms with Gasteiger partial charge >= 0.3 is 0 Å². The molecule has 0 fully saturated rings. The quantitative estimate of drug-likeness (QED) is 0.730. The van der Waals surface area contributed by atoms with E-state index in [9.17, 15) is 13.2 Å². The van der Waals surface area contributed by atoms with E-state index in [1.54, 1.807) is 40.0 Å². The van der Waals surface area contributed by atoms with Gasteiger partial charge in [0.25, 0.3) is 5.91 Å². The minimum Gasteiger partial charge on any atom is -0.496 e. The Kier molecular flexibility index (Phi) is 7.21. The first-order valence-electron chi connectivity index (χ1n) is 9.30. The predicted molar refractivity (Wildman–Crippen MR) is 110 cm³/mol. The number of sulfonamides is 1. The van der Waals surface area contributed by atoms with Crippen LogP contribution in [0.5, 0.6) is 5.75 Å². The van der Waals surface area contributed by atoms with Crippen LogP contribution < -0.4 is 10.1 Å². The summed E-state index contributed by atoms with van der Waals surface area (Å²) in [7, 11) is -2.06. The first-order chi connectivity index (χ1) is 13.3. The summed E-state index contributed by atoms with van der Waals surface area (Å²) in [6.45, 7) is 7.93. The fourth-order valence-electron chi connectivity index (χ4n) is 3.10. The van der Waals surface area contributed by atoms with Gasteiger partial charge in [-0.3, -0.25) is 4.79 Å². The lowest BCUT2D eigenvalue weighted by Gasteiger charge is -2.21. The van der Waals surface area contributed by atoms with Gasteiger partial charge in [-0.1, -0.05) is 38.1 Å². The van der Waals surface area contributed by atoms with Crippen molar-refractivity contribution in [3.63, 3.8) is 0 Å².